The molecule has 0 aliphatic carbocycles. The van der Waals surface area contributed by atoms with Gasteiger partial charge in [-0.05, 0) is 0 Å². The van der Waals surface area contributed by atoms with Crippen LogP contribution in [0.2, 0.25) is 0 Å². The molecule has 5 atom stereocenters. The van der Waals surface area contributed by atoms with Crippen LogP contribution in [-0.4, -0.2) is 67.4 Å². The smallest absolute Gasteiger partial charge is 0.303 e. The van der Waals surface area contributed by atoms with E-state index < -0.39 is 75.9 Å². The summed E-state index contributed by atoms with van der Waals surface area (Å²) in [6, 6.07) is 0. The summed E-state index contributed by atoms with van der Waals surface area (Å²) in [7, 11) is 1.21. The van der Waals surface area contributed by atoms with Gasteiger partial charge in [0.15, 0.2) is 24.6 Å². The van der Waals surface area contributed by atoms with Crippen molar-refractivity contribution < 1.29 is 47.3 Å². The van der Waals surface area contributed by atoms with Crippen molar-refractivity contribution in [3.63, 3.8) is 0 Å². The Morgan fingerprint density at radius 3 is 1.95 bits per heavy atom. The first kappa shape index (κ1) is 13.9. The van der Waals surface area contributed by atoms with Crippen LogP contribution in [-0.2, 0) is 38.1 Å². The second kappa shape index (κ2) is 8.06. The molecule has 0 aromatic carbocycles. The molecule has 1 N–H and O–H groups in total. The highest BCUT2D eigenvalue weighted by Crippen LogP contribution is 2.28. The van der Waals surface area contributed by atoms with E-state index in [9.17, 15) is 19.5 Å². The summed E-state index contributed by atoms with van der Waals surface area (Å²) >= 11 is 0. The van der Waals surface area contributed by atoms with Crippen molar-refractivity contribution in [3.8, 4) is 0 Å². The normalized spacial score (nSPS) is 33.0. The van der Waals surface area contributed by atoms with Gasteiger partial charge in [0.2, 0.25) is 0 Å². The summed E-state index contributed by atoms with van der Waals surface area (Å²) in [5.41, 5.74) is 0. The second-order valence-electron chi connectivity index (χ2n) is 4.32. The summed E-state index contributed by atoms with van der Waals surface area (Å²) in [5, 5.41) is 9.45. The van der Waals surface area contributed by atoms with Gasteiger partial charge in [-0.2, -0.15) is 0 Å². The standard InChI is InChI=1S/C13H20O9/c1-6(15)19-10-9(5-14)22-13(18-4)12(21-8(3)17)11(10)20-7(2)16/h9-14H,5H2,1-4H3/t9-,10-,11+,12-,13?/m1/s1/i1D,2D,3D. The zero-order valence-corrected chi connectivity index (χ0v) is 11.9. The van der Waals surface area contributed by atoms with Gasteiger partial charge in [-0.25, -0.2) is 0 Å². The van der Waals surface area contributed by atoms with Crippen LogP contribution in [0.15, 0.2) is 0 Å². The average molecular weight is 323 g/mol. The van der Waals surface area contributed by atoms with Crippen molar-refractivity contribution in [1.29, 1.82) is 0 Å². The molecule has 0 spiro atoms. The van der Waals surface area contributed by atoms with Gasteiger partial charge < -0.3 is 28.8 Å². The summed E-state index contributed by atoms with van der Waals surface area (Å²) in [5.74, 6) is -2.96. The average Bonchev–Trinajstić information content (AvgIpc) is 2.63. The molecule has 22 heavy (non-hydrogen) atoms. The topological polar surface area (TPSA) is 118 Å². The molecule has 0 amide bonds. The predicted molar refractivity (Wildman–Crippen MR) is 69.4 cm³/mol. The number of aliphatic hydroxyl groups is 1. The monoisotopic (exact) mass is 323 g/mol. The van der Waals surface area contributed by atoms with Crippen LogP contribution in [0.25, 0.3) is 0 Å². The van der Waals surface area contributed by atoms with E-state index in [1.165, 1.54) is 7.11 Å². The second-order valence-corrected chi connectivity index (χ2v) is 4.32. The SMILES string of the molecule is [2H]CC(=O)O[C@H]1[C@H](OC(=O)C[2H])[C@@H](OC(=O)C[2H])C(OC)O[C@@H]1CO. The molecule has 0 aromatic heterocycles. The predicted octanol–water partition coefficient (Wildman–Crippen LogP) is -0.855. The highest BCUT2D eigenvalue weighted by atomic mass is 16.7. The molecule has 1 rings (SSSR count). The zero-order valence-electron chi connectivity index (χ0n) is 14.9. The van der Waals surface area contributed by atoms with Crippen LogP contribution in [0.3, 0.4) is 0 Å². The van der Waals surface area contributed by atoms with E-state index in [1.807, 2.05) is 0 Å². The quantitative estimate of drug-likeness (QED) is 0.509. The first-order valence-corrected chi connectivity index (χ1v) is 6.17. The third kappa shape index (κ3) is 4.65. The van der Waals surface area contributed by atoms with Gasteiger partial charge in [-0.3, -0.25) is 14.4 Å². The highest BCUT2D eigenvalue weighted by molar-refractivity contribution is 5.68. The van der Waals surface area contributed by atoms with E-state index in [1.54, 1.807) is 0 Å². The summed E-state index contributed by atoms with van der Waals surface area (Å²) in [6.07, 6.45) is -6.70. The first-order valence-electron chi connectivity index (χ1n) is 8.29. The molecule has 1 fully saturated rings. The Bertz CT molecular complexity index is 444. The maximum absolute atomic E-state index is 11.6. The number of carbonyl (C=O) groups is 3. The van der Waals surface area contributed by atoms with Crippen LogP contribution in [0.1, 0.15) is 24.8 Å². The van der Waals surface area contributed by atoms with E-state index in [0.29, 0.717) is 0 Å². The number of esters is 3. The van der Waals surface area contributed by atoms with Crippen LogP contribution in [0.4, 0.5) is 0 Å². The van der Waals surface area contributed by atoms with E-state index in [-0.39, 0.29) is 0 Å². The van der Waals surface area contributed by atoms with Gasteiger partial charge in [0.05, 0.1) is 6.61 Å². The molecule has 1 unspecified atom stereocenters. The number of aliphatic hydroxyl groups excluding tert-OH is 1. The maximum atomic E-state index is 11.6. The summed E-state index contributed by atoms with van der Waals surface area (Å²) < 4.78 is 46.5. The van der Waals surface area contributed by atoms with Gasteiger partial charge in [-0.15, -0.1) is 0 Å². The summed E-state index contributed by atoms with van der Waals surface area (Å²) in [4.78, 5) is 34.5. The first-order chi connectivity index (χ1) is 11.9. The van der Waals surface area contributed by atoms with Crippen LogP contribution in [0.5, 0.6) is 0 Å². The molecule has 9 nitrogen and oxygen atoms in total. The Balaban J connectivity index is 3.19. The van der Waals surface area contributed by atoms with Crippen LogP contribution >= 0.6 is 0 Å². The lowest BCUT2D eigenvalue weighted by Crippen LogP contribution is -2.62. The van der Waals surface area contributed by atoms with Crippen molar-refractivity contribution in [1.82, 2.24) is 0 Å². The highest BCUT2D eigenvalue weighted by Gasteiger charge is 2.51. The molecule has 0 aromatic rings. The molecular formula is C13H20O9. The lowest BCUT2D eigenvalue weighted by molar-refractivity contribution is -0.302. The van der Waals surface area contributed by atoms with E-state index in [2.05, 4.69) is 0 Å². The van der Waals surface area contributed by atoms with Crippen molar-refractivity contribution in [2.75, 3.05) is 13.7 Å². The number of ether oxygens (including phenoxy) is 5. The minimum Gasteiger partial charge on any atom is -0.456 e. The molecule has 0 saturated carbocycles. The number of methoxy groups -OCH3 is 1. The molecular weight excluding hydrogens is 300 g/mol. The van der Waals surface area contributed by atoms with E-state index in [4.69, 9.17) is 27.8 Å². The molecule has 1 aliphatic heterocycles. The Morgan fingerprint density at radius 1 is 1.00 bits per heavy atom. The third-order valence-corrected chi connectivity index (χ3v) is 2.81. The molecule has 0 radical (unpaired) electrons. The number of rotatable bonds is 5. The van der Waals surface area contributed by atoms with E-state index in [0.717, 1.165) is 0 Å². The molecule has 1 aliphatic rings. The van der Waals surface area contributed by atoms with Crippen LogP contribution < -0.4 is 0 Å². The molecule has 9 heteroatoms. The lowest BCUT2D eigenvalue weighted by atomic mass is 9.98. The fourth-order valence-electron chi connectivity index (χ4n) is 2.07. The minimum absolute atomic E-state index is 0.649. The minimum atomic E-state index is -1.44. The molecule has 0 bridgehead atoms. The van der Waals surface area contributed by atoms with Gasteiger partial charge in [0.1, 0.15) is 6.10 Å². The zero-order chi connectivity index (χ0) is 19.0. The fraction of sp³-hybridized carbons (Fsp3) is 0.769. The van der Waals surface area contributed by atoms with Gasteiger partial charge in [0, 0.05) is 31.9 Å². The Morgan fingerprint density at radius 2 is 1.50 bits per heavy atom. The number of carbonyl (C=O) groups excluding carboxylic acids is 3. The maximum Gasteiger partial charge on any atom is 0.303 e. The molecule has 1 saturated heterocycles. The summed E-state index contributed by atoms with van der Waals surface area (Å²) in [6.45, 7) is -2.87. The van der Waals surface area contributed by atoms with Crippen LogP contribution in [0, 0.1) is 0 Å². The third-order valence-electron chi connectivity index (χ3n) is 2.81. The molecule has 126 valence electrons. The Kier molecular flexibility index (Phi) is 5.10. The van der Waals surface area contributed by atoms with Crippen molar-refractivity contribution in [2.45, 2.75) is 51.4 Å². The van der Waals surface area contributed by atoms with Gasteiger partial charge in [0.25, 0.3) is 0 Å². The number of hydrogen-bond acceptors (Lipinski definition) is 9. The van der Waals surface area contributed by atoms with Gasteiger partial charge >= 0.3 is 17.9 Å². The van der Waals surface area contributed by atoms with Gasteiger partial charge in [-0.1, -0.05) is 0 Å². The number of hydrogen-bond donors (Lipinski definition) is 1. The van der Waals surface area contributed by atoms with E-state index >= 15 is 0 Å². The largest absolute Gasteiger partial charge is 0.456 e. The Hall–Kier alpha value is -1.71. The lowest BCUT2D eigenvalue weighted by Gasteiger charge is -2.43. The molecule has 1 heterocycles. The fourth-order valence-corrected chi connectivity index (χ4v) is 2.07. The Labute approximate surface area is 131 Å². The van der Waals surface area contributed by atoms with Crippen molar-refractivity contribution in [3.05, 3.63) is 0 Å². The van der Waals surface area contributed by atoms with Crippen molar-refractivity contribution >= 4 is 17.9 Å². The van der Waals surface area contributed by atoms with Crippen molar-refractivity contribution in [2.24, 2.45) is 0 Å².